The summed E-state index contributed by atoms with van der Waals surface area (Å²) in [6, 6.07) is 0. The molecule has 5 atom stereocenters. The first-order chi connectivity index (χ1) is 9.95. The van der Waals surface area contributed by atoms with Gasteiger partial charge in [0.15, 0.2) is 5.78 Å². The van der Waals surface area contributed by atoms with Gasteiger partial charge in [0.2, 0.25) is 0 Å². The summed E-state index contributed by atoms with van der Waals surface area (Å²) in [5.41, 5.74) is 2.12. The number of aliphatic hydroxyl groups is 1. The highest BCUT2D eigenvalue weighted by Gasteiger charge is 2.58. The molecule has 114 valence electrons. The summed E-state index contributed by atoms with van der Waals surface area (Å²) >= 11 is 0. The first kappa shape index (κ1) is 13.8. The number of carbonyl (C=O) groups is 1. The van der Waals surface area contributed by atoms with E-state index in [1.54, 1.807) is 6.08 Å². The number of carbonyl (C=O) groups excluding carboxylic acids is 1. The van der Waals surface area contributed by atoms with Gasteiger partial charge in [-0.3, -0.25) is 4.79 Å². The van der Waals surface area contributed by atoms with Crippen LogP contribution in [0.25, 0.3) is 0 Å². The van der Waals surface area contributed by atoms with Gasteiger partial charge in [0, 0.05) is 6.42 Å². The summed E-state index contributed by atoms with van der Waals surface area (Å²) in [5, 5.41) is 11.3. The van der Waals surface area contributed by atoms with Crippen LogP contribution in [-0.2, 0) is 4.79 Å². The Labute approximate surface area is 127 Å². The molecule has 0 radical (unpaired) electrons. The minimum Gasteiger partial charge on any atom is -0.385 e. The molecule has 3 saturated carbocycles. The van der Waals surface area contributed by atoms with E-state index in [1.165, 1.54) is 24.8 Å². The van der Waals surface area contributed by atoms with Gasteiger partial charge in [0.25, 0.3) is 0 Å². The highest BCUT2D eigenvalue weighted by molar-refractivity contribution is 5.92. The van der Waals surface area contributed by atoms with Crippen LogP contribution in [0.15, 0.2) is 23.8 Å². The van der Waals surface area contributed by atoms with E-state index in [1.807, 2.05) is 0 Å². The van der Waals surface area contributed by atoms with E-state index in [4.69, 9.17) is 0 Å². The zero-order valence-corrected chi connectivity index (χ0v) is 13.0. The Morgan fingerprint density at radius 3 is 2.76 bits per heavy atom. The average Bonchev–Trinajstić information content (AvgIpc) is 2.76. The Balaban J connectivity index is 1.70. The van der Waals surface area contributed by atoms with Crippen molar-refractivity contribution < 1.29 is 9.90 Å². The van der Waals surface area contributed by atoms with Crippen molar-refractivity contribution in [1.82, 2.24) is 0 Å². The summed E-state index contributed by atoms with van der Waals surface area (Å²) in [5.74, 6) is 1.91. The molecule has 4 aliphatic carbocycles. The van der Waals surface area contributed by atoms with Crippen molar-refractivity contribution in [2.45, 2.75) is 63.9 Å². The van der Waals surface area contributed by atoms with Gasteiger partial charge in [-0.05, 0) is 79.8 Å². The third-order valence-electron chi connectivity index (χ3n) is 7.40. The largest absolute Gasteiger partial charge is 0.385 e. The van der Waals surface area contributed by atoms with Crippen molar-refractivity contribution in [3.8, 4) is 0 Å². The topological polar surface area (TPSA) is 37.3 Å². The number of allylic oxidation sites excluding steroid dienone is 1. The second-order valence-corrected chi connectivity index (χ2v) is 8.07. The molecule has 5 unspecified atom stereocenters. The lowest BCUT2D eigenvalue weighted by molar-refractivity contribution is -0.123. The Bertz CT molecular complexity index is 546. The number of hydrogen-bond donors (Lipinski definition) is 1. The molecule has 1 N–H and O–H groups in total. The lowest BCUT2D eigenvalue weighted by Crippen LogP contribution is -2.54. The van der Waals surface area contributed by atoms with Crippen LogP contribution < -0.4 is 0 Å². The fourth-order valence-corrected chi connectivity index (χ4v) is 6.09. The molecule has 0 saturated heterocycles. The molecule has 0 spiro atoms. The Kier molecular flexibility index (Phi) is 2.83. The van der Waals surface area contributed by atoms with Crippen LogP contribution in [0.2, 0.25) is 0 Å². The van der Waals surface area contributed by atoms with Crippen LogP contribution in [0.4, 0.5) is 0 Å². The second-order valence-electron chi connectivity index (χ2n) is 8.07. The van der Waals surface area contributed by atoms with E-state index >= 15 is 0 Å². The third-order valence-corrected chi connectivity index (χ3v) is 7.40. The fraction of sp³-hybridized carbons (Fsp3) is 0.737. The van der Waals surface area contributed by atoms with Gasteiger partial charge in [0.05, 0.1) is 5.60 Å². The van der Waals surface area contributed by atoms with Gasteiger partial charge in [0.1, 0.15) is 0 Å². The lowest BCUT2D eigenvalue weighted by atomic mass is 9.50. The summed E-state index contributed by atoms with van der Waals surface area (Å²) in [7, 11) is 0. The van der Waals surface area contributed by atoms with Gasteiger partial charge in [-0.2, -0.15) is 0 Å². The van der Waals surface area contributed by atoms with Crippen LogP contribution in [-0.4, -0.2) is 16.5 Å². The molecule has 4 aliphatic rings. The van der Waals surface area contributed by atoms with E-state index < -0.39 is 5.60 Å². The quantitative estimate of drug-likeness (QED) is 0.688. The minimum absolute atomic E-state index is 0.211. The number of ketones is 1. The number of hydrogen-bond acceptors (Lipinski definition) is 2. The summed E-state index contributed by atoms with van der Waals surface area (Å²) in [6.07, 6.45) is 9.71. The summed E-state index contributed by atoms with van der Waals surface area (Å²) in [4.78, 5) is 11.7. The maximum atomic E-state index is 11.7. The molecule has 0 heterocycles. The molecule has 4 rings (SSSR count). The van der Waals surface area contributed by atoms with E-state index in [0.717, 1.165) is 24.8 Å². The number of rotatable bonds is 0. The molecule has 0 bridgehead atoms. The van der Waals surface area contributed by atoms with E-state index in [-0.39, 0.29) is 5.78 Å². The average molecular weight is 286 g/mol. The van der Waals surface area contributed by atoms with E-state index in [9.17, 15) is 9.90 Å². The van der Waals surface area contributed by atoms with Crippen molar-refractivity contribution >= 4 is 5.78 Å². The molecule has 0 aromatic heterocycles. The zero-order valence-electron chi connectivity index (χ0n) is 13.0. The molecule has 0 aromatic rings. The monoisotopic (exact) mass is 286 g/mol. The van der Waals surface area contributed by atoms with Gasteiger partial charge < -0.3 is 5.11 Å². The smallest absolute Gasteiger partial charge is 0.155 e. The maximum absolute atomic E-state index is 11.7. The molecule has 2 heteroatoms. The normalized spacial score (nSPS) is 49.2. The van der Waals surface area contributed by atoms with Crippen molar-refractivity contribution in [3.05, 3.63) is 23.8 Å². The highest BCUT2D eigenvalue weighted by atomic mass is 16.3. The molecule has 3 fully saturated rings. The Morgan fingerprint density at radius 2 is 1.95 bits per heavy atom. The van der Waals surface area contributed by atoms with Crippen molar-refractivity contribution in [2.24, 2.45) is 23.2 Å². The van der Waals surface area contributed by atoms with E-state index in [0.29, 0.717) is 36.0 Å². The van der Waals surface area contributed by atoms with E-state index in [2.05, 4.69) is 13.5 Å². The highest BCUT2D eigenvalue weighted by Crippen LogP contribution is 2.63. The first-order valence-electron chi connectivity index (χ1n) is 8.60. The predicted octanol–water partition coefficient (Wildman–Crippen LogP) is 3.80. The van der Waals surface area contributed by atoms with Gasteiger partial charge in [-0.15, -0.1) is 0 Å². The number of fused-ring (bicyclic) bond motifs is 5. The van der Waals surface area contributed by atoms with Crippen LogP contribution >= 0.6 is 0 Å². The zero-order chi connectivity index (χ0) is 14.8. The van der Waals surface area contributed by atoms with Crippen LogP contribution in [0.5, 0.6) is 0 Å². The standard InChI is InChI=1S/C19H26O2/c1-12-3-6-16-15-5-4-13-11-14(20)7-10-19(13,21)17(15)8-9-18(12,16)2/h11,15-17,21H,1,3-10H2,2H3. The fourth-order valence-electron chi connectivity index (χ4n) is 6.09. The molecule has 0 amide bonds. The SMILES string of the molecule is C=C1CCC2C3CCC4=CC(=O)CCC4(O)C3CCC12C. The molecule has 21 heavy (non-hydrogen) atoms. The van der Waals surface area contributed by atoms with Gasteiger partial charge in [-0.1, -0.05) is 19.1 Å². The summed E-state index contributed by atoms with van der Waals surface area (Å²) in [6.45, 7) is 6.74. The van der Waals surface area contributed by atoms with Gasteiger partial charge >= 0.3 is 0 Å². The van der Waals surface area contributed by atoms with Crippen LogP contribution in [0.3, 0.4) is 0 Å². The predicted molar refractivity (Wildman–Crippen MR) is 82.7 cm³/mol. The second kappa shape index (κ2) is 4.32. The molecule has 2 nitrogen and oxygen atoms in total. The molecular formula is C19H26O2. The molecular weight excluding hydrogens is 260 g/mol. The van der Waals surface area contributed by atoms with Gasteiger partial charge in [-0.25, -0.2) is 0 Å². The Hall–Kier alpha value is -0.890. The van der Waals surface area contributed by atoms with Crippen LogP contribution in [0, 0.1) is 23.2 Å². The van der Waals surface area contributed by atoms with Crippen molar-refractivity contribution in [2.75, 3.05) is 0 Å². The maximum Gasteiger partial charge on any atom is 0.155 e. The summed E-state index contributed by atoms with van der Waals surface area (Å²) < 4.78 is 0. The van der Waals surface area contributed by atoms with Crippen molar-refractivity contribution in [3.63, 3.8) is 0 Å². The first-order valence-corrected chi connectivity index (χ1v) is 8.60. The third kappa shape index (κ3) is 1.72. The Morgan fingerprint density at radius 1 is 1.14 bits per heavy atom. The minimum atomic E-state index is -0.678. The van der Waals surface area contributed by atoms with Crippen LogP contribution in [0.1, 0.15) is 58.3 Å². The molecule has 0 aromatic carbocycles. The van der Waals surface area contributed by atoms with Crippen molar-refractivity contribution in [1.29, 1.82) is 0 Å². The molecule has 0 aliphatic heterocycles. The lowest BCUT2D eigenvalue weighted by Gasteiger charge is -2.56.